The van der Waals surface area contributed by atoms with E-state index in [1.165, 1.54) is 16.3 Å². The van der Waals surface area contributed by atoms with Crippen LogP contribution in [0.4, 0.5) is 0 Å². The summed E-state index contributed by atoms with van der Waals surface area (Å²) in [4.78, 5) is 29.9. The Hall–Kier alpha value is -3.18. The SMILES string of the molecule is O=C1NC(Cc2ccccc2)C(=O)N2CCN(Cc3ccc4ccccc4c3)CC12. The zero-order chi connectivity index (χ0) is 20.5. The molecule has 5 nitrogen and oxygen atoms in total. The number of carbonyl (C=O) groups excluding carboxylic acids is 2. The molecule has 2 aliphatic heterocycles. The van der Waals surface area contributed by atoms with Crippen LogP contribution in [-0.4, -0.2) is 53.3 Å². The standard InChI is InChI=1S/C25H25N3O2/c29-24-23-17-27(16-19-10-11-20-8-4-5-9-21(20)14-19)12-13-28(23)25(30)22(26-24)15-18-6-2-1-3-7-18/h1-11,14,22-23H,12-13,15-17H2,(H,26,29). The van der Waals surface area contributed by atoms with Crippen molar-refractivity contribution < 1.29 is 9.59 Å². The Labute approximate surface area is 176 Å². The van der Waals surface area contributed by atoms with Crippen molar-refractivity contribution in [2.75, 3.05) is 19.6 Å². The van der Waals surface area contributed by atoms with Gasteiger partial charge in [-0.2, -0.15) is 0 Å². The van der Waals surface area contributed by atoms with Crippen molar-refractivity contribution >= 4 is 22.6 Å². The van der Waals surface area contributed by atoms with Crippen LogP contribution in [0.1, 0.15) is 11.1 Å². The molecule has 0 bridgehead atoms. The summed E-state index contributed by atoms with van der Waals surface area (Å²) in [6, 6.07) is 23.8. The van der Waals surface area contributed by atoms with E-state index in [2.05, 4.69) is 46.6 Å². The normalized spacial score (nSPS) is 22.1. The number of fused-ring (bicyclic) bond motifs is 2. The Kier molecular flexibility index (Phi) is 4.97. The van der Waals surface area contributed by atoms with E-state index in [1.54, 1.807) is 4.90 Å². The quantitative estimate of drug-likeness (QED) is 0.734. The van der Waals surface area contributed by atoms with E-state index in [0.717, 1.165) is 18.7 Å². The van der Waals surface area contributed by atoms with E-state index in [0.29, 0.717) is 19.5 Å². The third-order valence-electron chi connectivity index (χ3n) is 6.17. The van der Waals surface area contributed by atoms with Crippen molar-refractivity contribution in [2.45, 2.75) is 25.0 Å². The summed E-state index contributed by atoms with van der Waals surface area (Å²) in [6.45, 7) is 2.72. The fourth-order valence-electron chi connectivity index (χ4n) is 4.58. The highest BCUT2D eigenvalue weighted by molar-refractivity contribution is 5.97. The second-order valence-corrected chi connectivity index (χ2v) is 8.21. The van der Waals surface area contributed by atoms with Crippen molar-refractivity contribution in [3.8, 4) is 0 Å². The van der Waals surface area contributed by atoms with Gasteiger partial charge in [0.25, 0.3) is 0 Å². The van der Waals surface area contributed by atoms with Crippen molar-refractivity contribution in [3.05, 3.63) is 83.9 Å². The summed E-state index contributed by atoms with van der Waals surface area (Å²) >= 11 is 0. The first kappa shape index (κ1) is 18.8. The van der Waals surface area contributed by atoms with Gasteiger partial charge in [-0.25, -0.2) is 0 Å². The van der Waals surface area contributed by atoms with Crippen LogP contribution in [0.2, 0.25) is 0 Å². The molecule has 2 amide bonds. The average Bonchev–Trinajstić information content (AvgIpc) is 2.78. The van der Waals surface area contributed by atoms with Gasteiger partial charge in [-0.1, -0.05) is 66.7 Å². The molecule has 3 aromatic rings. The lowest BCUT2D eigenvalue weighted by Crippen LogP contribution is -2.69. The topological polar surface area (TPSA) is 52.7 Å². The molecular weight excluding hydrogens is 374 g/mol. The molecule has 2 unspecified atom stereocenters. The minimum atomic E-state index is -0.469. The maximum absolute atomic E-state index is 13.0. The molecule has 3 aromatic carbocycles. The Bertz CT molecular complexity index is 1080. The maximum Gasteiger partial charge on any atom is 0.246 e. The largest absolute Gasteiger partial charge is 0.342 e. The van der Waals surface area contributed by atoms with Crippen LogP contribution >= 0.6 is 0 Å². The molecule has 5 rings (SSSR count). The highest BCUT2D eigenvalue weighted by Crippen LogP contribution is 2.21. The molecule has 1 N–H and O–H groups in total. The lowest BCUT2D eigenvalue weighted by molar-refractivity contribution is -0.153. The van der Waals surface area contributed by atoms with Gasteiger partial charge >= 0.3 is 0 Å². The predicted octanol–water partition coefficient (Wildman–Crippen LogP) is 2.59. The van der Waals surface area contributed by atoms with Crippen LogP contribution in [0.3, 0.4) is 0 Å². The first-order valence-corrected chi connectivity index (χ1v) is 10.5. The first-order valence-electron chi connectivity index (χ1n) is 10.5. The average molecular weight is 399 g/mol. The van der Waals surface area contributed by atoms with E-state index in [1.807, 2.05) is 36.4 Å². The Morgan fingerprint density at radius 1 is 0.833 bits per heavy atom. The van der Waals surface area contributed by atoms with E-state index in [4.69, 9.17) is 0 Å². The molecule has 0 aromatic heterocycles. The summed E-state index contributed by atoms with van der Waals surface area (Å²) in [7, 11) is 0. The zero-order valence-corrected chi connectivity index (χ0v) is 16.8. The first-order chi connectivity index (χ1) is 14.7. The molecule has 2 fully saturated rings. The number of piperazine rings is 2. The zero-order valence-electron chi connectivity index (χ0n) is 16.8. The second-order valence-electron chi connectivity index (χ2n) is 8.21. The van der Waals surface area contributed by atoms with Gasteiger partial charge in [0.15, 0.2) is 0 Å². The van der Waals surface area contributed by atoms with Crippen molar-refractivity contribution in [2.24, 2.45) is 0 Å². The number of hydrogen-bond acceptors (Lipinski definition) is 3. The van der Waals surface area contributed by atoms with Crippen molar-refractivity contribution in [1.82, 2.24) is 15.1 Å². The number of nitrogens with zero attached hydrogens (tertiary/aromatic N) is 2. The molecule has 30 heavy (non-hydrogen) atoms. The minimum Gasteiger partial charge on any atom is -0.342 e. The van der Waals surface area contributed by atoms with Gasteiger partial charge in [-0.15, -0.1) is 0 Å². The van der Waals surface area contributed by atoms with Crippen LogP contribution < -0.4 is 5.32 Å². The predicted molar refractivity (Wildman–Crippen MR) is 117 cm³/mol. The smallest absolute Gasteiger partial charge is 0.246 e. The summed E-state index contributed by atoms with van der Waals surface area (Å²) < 4.78 is 0. The monoisotopic (exact) mass is 399 g/mol. The van der Waals surface area contributed by atoms with Crippen LogP contribution in [0.5, 0.6) is 0 Å². The van der Waals surface area contributed by atoms with Gasteiger partial charge in [-0.3, -0.25) is 14.5 Å². The minimum absolute atomic E-state index is 0.0359. The van der Waals surface area contributed by atoms with E-state index in [-0.39, 0.29) is 11.8 Å². The molecule has 2 atom stereocenters. The maximum atomic E-state index is 13.0. The molecule has 2 aliphatic rings. The van der Waals surface area contributed by atoms with E-state index < -0.39 is 12.1 Å². The van der Waals surface area contributed by atoms with Gasteiger partial charge < -0.3 is 10.2 Å². The van der Waals surface area contributed by atoms with Crippen LogP contribution in [0.25, 0.3) is 10.8 Å². The van der Waals surface area contributed by atoms with Gasteiger partial charge in [0, 0.05) is 32.6 Å². The van der Waals surface area contributed by atoms with Gasteiger partial charge in [0.2, 0.25) is 11.8 Å². The van der Waals surface area contributed by atoms with E-state index >= 15 is 0 Å². The third-order valence-corrected chi connectivity index (χ3v) is 6.17. The fraction of sp³-hybridized carbons (Fsp3) is 0.280. The Morgan fingerprint density at radius 2 is 1.60 bits per heavy atom. The molecule has 0 radical (unpaired) electrons. The molecule has 2 heterocycles. The third kappa shape index (κ3) is 3.68. The molecule has 0 aliphatic carbocycles. The van der Waals surface area contributed by atoms with Crippen molar-refractivity contribution in [3.63, 3.8) is 0 Å². The molecule has 5 heteroatoms. The number of hydrogen-bond donors (Lipinski definition) is 1. The van der Waals surface area contributed by atoms with Gasteiger partial charge in [0.1, 0.15) is 12.1 Å². The summed E-state index contributed by atoms with van der Waals surface area (Å²) in [5.74, 6) is -0.00690. The molecule has 2 saturated heterocycles. The fourth-order valence-corrected chi connectivity index (χ4v) is 4.58. The van der Waals surface area contributed by atoms with Gasteiger partial charge in [-0.05, 0) is 28.0 Å². The highest BCUT2D eigenvalue weighted by Gasteiger charge is 2.43. The van der Waals surface area contributed by atoms with Crippen LogP contribution in [0, 0.1) is 0 Å². The molecule has 0 saturated carbocycles. The summed E-state index contributed by atoms with van der Waals surface area (Å²) in [5, 5.41) is 5.42. The Balaban J connectivity index is 1.26. The van der Waals surface area contributed by atoms with Crippen LogP contribution in [0.15, 0.2) is 72.8 Å². The Morgan fingerprint density at radius 3 is 2.43 bits per heavy atom. The van der Waals surface area contributed by atoms with E-state index in [9.17, 15) is 9.59 Å². The number of benzene rings is 3. The molecular formula is C25H25N3O2. The number of amides is 2. The van der Waals surface area contributed by atoms with Crippen LogP contribution in [-0.2, 0) is 22.6 Å². The summed E-state index contributed by atoms with van der Waals surface area (Å²) in [5.41, 5.74) is 2.29. The second kappa shape index (κ2) is 7.92. The number of carbonyl (C=O) groups is 2. The molecule has 0 spiro atoms. The number of rotatable bonds is 4. The lowest BCUT2D eigenvalue weighted by Gasteiger charge is -2.45. The van der Waals surface area contributed by atoms with Gasteiger partial charge in [0.05, 0.1) is 0 Å². The molecule has 152 valence electrons. The highest BCUT2D eigenvalue weighted by atomic mass is 16.2. The number of nitrogens with one attached hydrogen (secondary N) is 1. The summed E-state index contributed by atoms with van der Waals surface area (Å²) in [6.07, 6.45) is 0.537. The lowest BCUT2D eigenvalue weighted by atomic mass is 9.98. The van der Waals surface area contributed by atoms with Crippen molar-refractivity contribution in [1.29, 1.82) is 0 Å².